The number of aliphatic hydroxyl groups excluding tert-OH is 1. The molecule has 3 heteroatoms. The van der Waals surface area contributed by atoms with Gasteiger partial charge >= 0.3 is 0 Å². The monoisotopic (exact) mass is 225 g/mol. The third kappa shape index (κ3) is 1.06. The minimum Gasteiger partial charge on any atom is -0.392 e. The first-order valence-electron chi connectivity index (χ1n) is 3.68. The topological polar surface area (TPSA) is 36.0 Å². The minimum atomic E-state index is 0.0798. The van der Waals surface area contributed by atoms with Gasteiger partial charge in [0.25, 0.3) is 0 Å². The number of aromatic nitrogens is 1. The summed E-state index contributed by atoms with van der Waals surface area (Å²) in [4.78, 5) is 3.10. The van der Waals surface area contributed by atoms with Crippen molar-refractivity contribution in [1.29, 1.82) is 0 Å². The molecule has 0 amide bonds. The smallest absolute Gasteiger partial charge is 0.0702 e. The average Bonchev–Trinajstić information content (AvgIpc) is 2.49. The molecule has 2 N–H and O–H groups in total. The first kappa shape index (κ1) is 7.83. The molecule has 0 aliphatic rings. The summed E-state index contributed by atoms with van der Waals surface area (Å²) in [5.41, 5.74) is 1.98. The third-order valence-electron chi connectivity index (χ3n) is 1.92. The van der Waals surface area contributed by atoms with Crippen molar-refractivity contribution in [3.8, 4) is 0 Å². The van der Waals surface area contributed by atoms with Crippen molar-refractivity contribution in [3.63, 3.8) is 0 Å². The van der Waals surface area contributed by atoms with Crippen LogP contribution in [0.4, 0.5) is 0 Å². The van der Waals surface area contributed by atoms with Gasteiger partial charge in [0.15, 0.2) is 0 Å². The predicted octanol–water partition coefficient (Wildman–Crippen LogP) is 2.42. The van der Waals surface area contributed by atoms with Gasteiger partial charge in [-0.1, -0.05) is 12.1 Å². The molecule has 0 saturated carbocycles. The zero-order valence-electron chi connectivity index (χ0n) is 6.34. The molecular formula is C9H8BrNO. The summed E-state index contributed by atoms with van der Waals surface area (Å²) in [6.45, 7) is 0.0798. The molecule has 2 aromatic rings. The molecule has 12 heavy (non-hydrogen) atoms. The van der Waals surface area contributed by atoms with Crippen molar-refractivity contribution < 1.29 is 5.11 Å². The van der Waals surface area contributed by atoms with Gasteiger partial charge in [-0.2, -0.15) is 0 Å². The maximum atomic E-state index is 8.98. The highest BCUT2D eigenvalue weighted by atomic mass is 79.9. The lowest BCUT2D eigenvalue weighted by Gasteiger charge is -1.94. The van der Waals surface area contributed by atoms with Crippen LogP contribution in [0.3, 0.4) is 0 Å². The Balaban J connectivity index is 2.80. The summed E-state index contributed by atoms with van der Waals surface area (Å²) in [6.07, 6.45) is 1.83. The van der Waals surface area contributed by atoms with E-state index in [1.54, 1.807) is 0 Å². The van der Waals surface area contributed by atoms with Gasteiger partial charge in [-0.05, 0) is 22.0 Å². The summed E-state index contributed by atoms with van der Waals surface area (Å²) >= 11 is 3.43. The Hall–Kier alpha value is -0.800. The molecule has 0 fully saturated rings. The lowest BCUT2D eigenvalue weighted by Crippen LogP contribution is -1.77. The van der Waals surface area contributed by atoms with Crippen LogP contribution in [0.5, 0.6) is 0 Å². The number of nitrogens with one attached hydrogen (secondary N) is 1. The van der Waals surface area contributed by atoms with Crippen LogP contribution in [0.25, 0.3) is 10.9 Å². The Labute approximate surface area is 78.3 Å². The van der Waals surface area contributed by atoms with Gasteiger partial charge in [-0.25, -0.2) is 0 Å². The molecule has 0 spiro atoms. The second kappa shape index (κ2) is 2.92. The molecule has 0 unspecified atom stereocenters. The van der Waals surface area contributed by atoms with E-state index < -0.39 is 0 Å². The Kier molecular flexibility index (Phi) is 1.90. The van der Waals surface area contributed by atoms with Gasteiger partial charge < -0.3 is 10.1 Å². The van der Waals surface area contributed by atoms with E-state index >= 15 is 0 Å². The van der Waals surface area contributed by atoms with Crippen LogP contribution in [-0.4, -0.2) is 10.1 Å². The van der Waals surface area contributed by atoms with Crippen molar-refractivity contribution >= 4 is 26.8 Å². The molecule has 0 aliphatic carbocycles. The van der Waals surface area contributed by atoms with E-state index in [4.69, 9.17) is 5.11 Å². The molecule has 62 valence electrons. The number of aliphatic hydroxyl groups is 1. The molecule has 0 saturated heterocycles. The van der Waals surface area contributed by atoms with Gasteiger partial charge in [0.05, 0.1) is 12.1 Å². The van der Waals surface area contributed by atoms with Crippen molar-refractivity contribution in [1.82, 2.24) is 4.98 Å². The first-order valence-corrected chi connectivity index (χ1v) is 4.47. The lowest BCUT2D eigenvalue weighted by molar-refractivity contribution is 0.283. The number of para-hydroxylation sites is 1. The van der Waals surface area contributed by atoms with Crippen LogP contribution in [0.1, 0.15) is 5.56 Å². The molecular weight excluding hydrogens is 218 g/mol. The van der Waals surface area contributed by atoms with E-state index in [1.165, 1.54) is 0 Å². The third-order valence-corrected chi connectivity index (χ3v) is 2.58. The Morgan fingerprint density at radius 3 is 3.00 bits per heavy atom. The molecule has 0 atom stereocenters. The second-order valence-corrected chi connectivity index (χ2v) is 3.49. The van der Waals surface area contributed by atoms with E-state index in [2.05, 4.69) is 20.9 Å². The fourth-order valence-electron chi connectivity index (χ4n) is 1.31. The number of halogens is 1. The van der Waals surface area contributed by atoms with Crippen molar-refractivity contribution in [3.05, 3.63) is 34.4 Å². The van der Waals surface area contributed by atoms with Crippen LogP contribution in [0, 0.1) is 0 Å². The average molecular weight is 226 g/mol. The molecule has 2 nitrogen and oxygen atoms in total. The van der Waals surface area contributed by atoms with E-state index in [0.29, 0.717) is 0 Å². The highest BCUT2D eigenvalue weighted by Crippen LogP contribution is 2.25. The van der Waals surface area contributed by atoms with Crippen LogP contribution < -0.4 is 0 Å². The van der Waals surface area contributed by atoms with Crippen LogP contribution >= 0.6 is 15.9 Å². The molecule has 0 aliphatic heterocycles. The summed E-state index contributed by atoms with van der Waals surface area (Å²) in [6, 6.07) is 5.92. The predicted molar refractivity (Wildman–Crippen MR) is 51.9 cm³/mol. The number of fused-ring (bicyclic) bond motifs is 1. The maximum Gasteiger partial charge on any atom is 0.0702 e. The SMILES string of the molecule is OCc1c[nH]c2c(Br)cccc12. The van der Waals surface area contributed by atoms with E-state index in [1.807, 2.05) is 24.4 Å². The first-order chi connectivity index (χ1) is 5.83. The van der Waals surface area contributed by atoms with Gasteiger partial charge in [0, 0.05) is 21.6 Å². The fourth-order valence-corrected chi connectivity index (χ4v) is 1.79. The van der Waals surface area contributed by atoms with Gasteiger partial charge in [-0.15, -0.1) is 0 Å². The quantitative estimate of drug-likeness (QED) is 0.769. The number of rotatable bonds is 1. The largest absolute Gasteiger partial charge is 0.392 e. The van der Waals surface area contributed by atoms with Gasteiger partial charge in [0.2, 0.25) is 0 Å². The molecule has 2 rings (SSSR count). The van der Waals surface area contributed by atoms with Crippen molar-refractivity contribution in [2.24, 2.45) is 0 Å². The number of hydrogen-bond donors (Lipinski definition) is 2. The molecule has 1 aromatic heterocycles. The van der Waals surface area contributed by atoms with Crippen molar-refractivity contribution in [2.75, 3.05) is 0 Å². The number of aromatic amines is 1. The van der Waals surface area contributed by atoms with E-state index in [0.717, 1.165) is 20.9 Å². The highest BCUT2D eigenvalue weighted by Gasteiger charge is 2.03. The Morgan fingerprint density at radius 2 is 2.25 bits per heavy atom. The van der Waals surface area contributed by atoms with Crippen LogP contribution in [-0.2, 0) is 6.61 Å². The maximum absolute atomic E-state index is 8.98. The lowest BCUT2D eigenvalue weighted by atomic mass is 10.2. The molecule has 0 radical (unpaired) electrons. The Bertz CT molecular complexity index is 408. The summed E-state index contributed by atoms with van der Waals surface area (Å²) in [7, 11) is 0. The second-order valence-electron chi connectivity index (χ2n) is 2.63. The zero-order chi connectivity index (χ0) is 8.55. The van der Waals surface area contributed by atoms with Crippen LogP contribution in [0.2, 0.25) is 0 Å². The summed E-state index contributed by atoms with van der Waals surface area (Å²) in [5.74, 6) is 0. The van der Waals surface area contributed by atoms with E-state index in [9.17, 15) is 0 Å². The number of H-pyrrole nitrogens is 1. The van der Waals surface area contributed by atoms with Crippen LogP contribution in [0.15, 0.2) is 28.9 Å². The highest BCUT2D eigenvalue weighted by molar-refractivity contribution is 9.10. The normalized spacial score (nSPS) is 10.8. The molecule has 0 bridgehead atoms. The molecule has 1 aromatic carbocycles. The summed E-state index contributed by atoms with van der Waals surface area (Å²) < 4.78 is 1.03. The minimum absolute atomic E-state index is 0.0798. The van der Waals surface area contributed by atoms with Gasteiger partial charge in [-0.3, -0.25) is 0 Å². The standard InChI is InChI=1S/C9H8BrNO/c10-8-3-1-2-7-6(5-12)4-11-9(7)8/h1-4,11-12H,5H2. The van der Waals surface area contributed by atoms with Crippen molar-refractivity contribution in [2.45, 2.75) is 6.61 Å². The fraction of sp³-hybridized carbons (Fsp3) is 0.111. The number of benzene rings is 1. The number of hydrogen-bond acceptors (Lipinski definition) is 1. The Morgan fingerprint density at radius 1 is 1.42 bits per heavy atom. The zero-order valence-corrected chi connectivity index (χ0v) is 7.93. The summed E-state index contributed by atoms with van der Waals surface area (Å²) in [5, 5.41) is 10.1. The molecule has 1 heterocycles. The van der Waals surface area contributed by atoms with E-state index in [-0.39, 0.29) is 6.61 Å². The van der Waals surface area contributed by atoms with Gasteiger partial charge in [0.1, 0.15) is 0 Å².